The van der Waals surface area contributed by atoms with Crippen LogP contribution in [0.4, 0.5) is 5.69 Å². The van der Waals surface area contributed by atoms with Gasteiger partial charge in [-0.25, -0.2) is 0 Å². The molecule has 0 radical (unpaired) electrons. The third kappa shape index (κ3) is 4.61. The molecule has 0 amide bonds. The van der Waals surface area contributed by atoms with Crippen molar-refractivity contribution in [2.45, 2.75) is 39.5 Å². The number of para-hydroxylation sites is 1. The van der Waals surface area contributed by atoms with E-state index < -0.39 is 0 Å². The van der Waals surface area contributed by atoms with E-state index >= 15 is 0 Å². The lowest BCUT2D eigenvalue weighted by atomic mass is 10.2. The lowest BCUT2D eigenvalue weighted by Gasteiger charge is -2.29. The molecule has 1 nitrogen and oxygen atoms in total. The van der Waals surface area contributed by atoms with Crippen LogP contribution in [0, 0.1) is 0 Å². The van der Waals surface area contributed by atoms with Crippen LogP contribution < -0.4 is 4.90 Å². The second kappa shape index (κ2) is 10.4. The van der Waals surface area contributed by atoms with Crippen LogP contribution in [0.25, 0.3) is 0 Å². The van der Waals surface area contributed by atoms with Crippen LogP contribution in [-0.2, 0) is 0 Å². The van der Waals surface area contributed by atoms with E-state index in [2.05, 4.69) is 55.8 Å². The predicted octanol–water partition coefficient (Wildman–Crippen LogP) is 6.25. The summed E-state index contributed by atoms with van der Waals surface area (Å²) < 4.78 is 0. The highest BCUT2D eigenvalue weighted by molar-refractivity contribution is 8.03. The summed E-state index contributed by atoms with van der Waals surface area (Å²) in [4.78, 5) is 4.86. The Kier molecular flexibility index (Phi) is 9.65. The van der Waals surface area contributed by atoms with Gasteiger partial charge in [-0.3, -0.25) is 0 Å². The highest BCUT2D eigenvalue weighted by Gasteiger charge is 2.18. The van der Waals surface area contributed by atoms with E-state index in [-0.39, 0.29) is 0 Å². The molecule has 0 aliphatic carbocycles. The Balaban J connectivity index is 0.000000829. The fourth-order valence-electron chi connectivity index (χ4n) is 1.79. The van der Waals surface area contributed by atoms with E-state index in [9.17, 15) is 0 Å². The highest BCUT2D eigenvalue weighted by atomic mass is 32.2. The van der Waals surface area contributed by atoms with Crippen molar-refractivity contribution < 1.29 is 0 Å². The van der Waals surface area contributed by atoms with Gasteiger partial charge in [0.05, 0.1) is 11.4 Å². The zero-order valence-electron chi connectivity index (χ0n) is 13.6. The summed E-state index contributed by atoms with van der Waals surface area (Å²) in [6.07, 6.45) is 5.88. The van der Waals surface area contributed by atoms with Crippen molar-refractivity contribution in [2.75, 3.05) is 11.9 Å². The maximum atomic E-state index is 3.70. The number of anilines is 1. The lowest BCUT2D eigenvalue weighted by molar-refractivity contribution is 1.08. The van der Waals surface area contributed by atoms with Gasteiger partial charge in [-0.05, 0) is 25.1 Å². The highest BCUT2D eigenvalue weighted by Crippen LogP contribution is 2.42. The lowest BCUT2D eigenvalue weighted by Crippen LogP contribution is -2.19. The van der Waals surface area contributed by atoms with Crippen LogP contribution in [0.3, 0.4) is 0 Å². The first-order chi connectivity index (χ1) is 9.74. The van der Waals surface area contributed by atoms with E-state index in [1.807, 2.05) is 45.5 Å². The van der Waals surface area contributed by atoms with Crippen molar-refractivity contribution in [3.8, 4) is 0 Å². The molecule has 1 aliphatic heterocycles. The number of likely N-dealkylation sites (N-methyl/N-ethyl adjacent to an activating group) is 1. The Morgan fingerprint density at radius 1 is 1.10 bits per heavy atom. The number of nitrogens with zero attached hydrogens (tertiary/aromatic N) is 1. The molecule has 1 aliphatic rings. The van der Waals surface area contributed by atoms with Crippen molar-refractivity contribution in [1.82, 2.24) is 0 Å². The Bertz CT molecular complexity index is 472. The summed E-state index contributed by atoms with van der Waals surface area (Å²) in [5.74, 6) is 0. The fourth-order valence-corrected chi connectivity index (χ4v) is 2.89. The third-order valence-corrected chi connectivity index (χ3v) is 3.68. The Labute approximate surface area is 129 Å². The molecular formula is C18H27NS. The van der Waals surface area contributed by atoms with Crippen molar-refractivity contribution in [3.05, 3.63) is 59.7 Å². The molecule has 0 aromatic heterocycles. The normalized spacial score (nSPS) is 13.0. The molecule has 20 heavy (non-hydrogen) atoms. The monoisotopic (exact) mass is 289 g/mol. The number of hydrogen-bond acceptors (Lipinski definition) is 2. The van der Waals surface area contributed by atoms with Gasteiger partial charge in [0.2, 0.25) is 0 Å². The molecule has 2 heteroatoms. The second-order valence-electron chi connectivity index (χ2n) is 3.67. The molecule has 1 heterocycles. The van der Waals surface area contributed by atoms with Gasteiger partial charge in [0.15, 0.2) is 0 Å². The first-order valence-electron chi connectivity index (χ1n) is 7.24. The zero-order chi connectivity index (χ0) is 15.5. The summed E-state index contributed by atoms with van der Waals surface area (Å²) in [6.45, 7) is 13.9. The summed E-state index contributed by atoms with van der Waals surface area (Å²) in [7, 11) is 2.10. The van der Waals surface area contributed by atoms with Gasteiger partial charge in [0.25, 0.3) is 0 Å². The number of allylic oxidation sites excluding steroid dienone is 4. The molecule has 0 atom stereocenters. The quantitative estimate of drug-likeness (QED) is 0.591. The SMILES string of the molecule is C=C/C=C\C1=C(C)Sc2ccccc2N1C.CC.CC. The van der Waals surface area contributed by atoms with Crippen molar-refractivity contribution >= 4 is 17.4 Å². The molecule has 0 saturated carbocycles. The molecule has 0 bridgehead atoms. The van der Waals surface area contributed by atoms with E-state index in [1.54, 1.807) is 6.08 Å². The Hall–Kier alpha value is -1.41. The van der Waals surface area contributed by atoms with Crippen LogP contribution in [0.1, 0.15) is 34.6 Å². The maximum absolute atomic E-state index is 3.70. The molecule has 110 valence electrons. The first kappa shape index (κ1) is 18.6. The van der Waals surface area contributed by atoms with Gasteiger partial charge in [0.1, 0.15) is 0 Å². The smallest absolute Gasteiger partial charge is 0.0550 e. The average Bonchev–Trinajstić information content (AvgIpc) is 2.51. The van der Waals surface area contributed by atoms with E-state index in [0.717, 1.165) is 0 Å². The number of fused-ring (bicyclic) bond motifs is 1. The molecule has 0 N–H and O–H groups in total. The van der Waals surface area contributed by atoms with Crippen LogP contribution in [-0.4, -0.2) is 7.05 Å². The molecule has 0 spiro atoms. The minimum absolute atomic E-state index is 1.24. The van der Waals surface area contributed by atoms with Gasteiger partial charge in [-0.2, -0.15) is 0 Å². The standard InChI is InChI=1S/C14H15NS.2C2H6/c1-4-5-8-12-11(2)16-14-10-7-6-9-13(14)15(12)3;2*1-2/h4-10H,1H2,2-3H3;2*1-2H3/b8-5-;;. The van der Waals surface area contributed by atoms with Crippen LogP contribution in [0.5, 0.6) is 0 Å². The second-order valence-corrected chi connectivity index (χ2v) is 4.92. The van der Waals surface area contributed by atoms with Crippen LogP contribution in [0.2, 0.25) is 0 Å². The minimum atomic E-state index is 1.24. The Morgan fingerprint density at radius 2 is 1.70 bits per heavy atom. The number of rotatable bonds is 2. The average molecular weight is 289 g/mol. The van der Waals surface area contributed by atoms with E-state index in [0.29, 0.717) is 0 Å². The summed E-state index contributed by atoms with van der Waals surface area (Å²) in [5, 5.41) is 0. The van der Waals surface area contributed by atoms with Gasteiger partial charge in [-0.15, -0.1) is 0 Å². The van der Waals surface area contributed by atoms with Gasteiger partial charge >= 0.3 is 0 Å². The Morgan fingerprint density at radius 3 is 2.30 bits per heavy atom. The molecule has 2 rings (SSSR count). The van der Waals surface area contributed by atoms with Crippen LogP contribution in [0.15, 0.2) is 64.6 Å². The maximum Gasteiger partial charge on any atom is 0.0550 e. The molecule has 1 aromatic rings. The van der Waals surface area contributed by atoms with Crippen molar-refractivity contribution in [2.24, 2.45) is 0 Å². The largest absolute Gasteiger partial charge is 0.343 e. The van der Waals surface area contributed by atoms with Gasteiger partial charge in [0, 0.05) is 16.8 Å². The molecule has 0 fully saturated rings. The molecule has 1 aromatic carbocycles. The van der Waals surface area contributed by atoms with Gasteiger partial charge in [-0.1, -0.05) is 70.3 Å². The summed E-state index contributed by atoms with van der Waals surface area (Å²) in [5.41, 5.74) is 2.51. The topological polar surface area (TPSA) is 3.24 Å². The first-order valence-corrected chi connectivity index (χ1v) is 8.06. The van der Waals surface area contributed by atoms with E-state index in [1.165, 1.54) is 21.2 Å². The van der Waals surface area contributed by atoms with Gasteiger partial charge < -0.3 is 4.90 Å². The minimum Gasteiger partial charge on any atom is -0.343 e. The molecule has 0 saturated heterocycles. The number of hydrogen-bond donors (Lipinski definition) is 0. The fraction of sp³-hybridized carbons (Fsp3) is 0.333. The van der Waals surface area contributed by atoms with Crippen molar-refractivity contribution in [3.63, 3.8) is 0 Å². The summed E-state index contributed by atoms with van der Waals surface area (Å²) >= 11 is 1.83. The molecule has 0 unspecified atom stereocenters. The predicted molar refractivity (Wildman–Crippen MR) is 95.4 cm³/mol. The number of thioether (sulfide) groups is 1. The van der Waals surface area contributed by atoms with Crippen molar-refractivity contribution in [1.29, 1.82) is 0 Å². The van der Waals surface area contributed by atoms with Crippen LogP contribution >= 0.6 is 11.8 Å². The zero-order valence-corrected chi connectivity index (χ0v) is 14.4. The third-order valence-electron chi connectivity index (χ3n) is 2.60. The summed E-state index contributed by atoms with van der Waals surface area (Å²) in [6, 6.07) is 8.47. The number of benzene rings is 1. The molecular weight excluding hydrogens is 262 g/mol. The van der Waals surface area contributed by atoms with E-state index in [4.69, 9.17) is 0 Å².